The molecule has 0 N–H and O–H groups in total. The number of anilines is 1. The quantitative estimate of drug-likeness (QED) is 0.767. The third-order valence-electron chi connectivity index (χ3n) is 4.88. The van der Waals surface area contributed by atoms with Gasteiger partial charge in [0.1, 0.15) is 4.47 Å². The number of nitrogens with zero attached hydrogens (tertiary/aromatic N) is 4. The molecule has 0 spiro atoms. The molecule has 3 rings (SSSR count). The second-order valence-electron chi connectivity index (χ2n) is 6.89. The number of piperidine rings is 1. The summed E-state index contributed by atoms with van der Waals surface area (Å²) >= 11 is 3.44. The molecule has 1 fully saturated rings. The lowest BCUT2D eigenvalue weighted by Gasteiger charge is -2.35. The highest BCUT2D eigenvalue weighted by atomic mass is 79.9. The topological polar surface area (TPSA) is 41.4 Å². The molecule has 0 aliphatic carbocycles. The molecule has 0 bridgehead atoms. The third-order valence-corrected chi connectivity index (χ3v) is 5.63. The molecule has 0 unspecified atom stereocenters. The van der Waals surface area contributed by atoms with Crippen LogP contribution >= 0.6 is 15.9 Å². The molecular formula is C19H25BrN4O. The number of rotatable bonds is 5. The number of hydrogen-bond donors (Lipinski definition) is 0. The Kier molecular flexibility index (Phi) is 5.91. The fourth-order valence-corrected chi connectivity index (χ4v) is 4.09. The molecule has 6 heteroatoms. The average molecular weight is 405 g/mol. The summed E-state index contributed by atoms with van der Waals surface area (Å²) in [5.74, 6) is 0.697. The standard InChI is InChI=1S/C19H25BrN4O/c1-22(13-15-6-4-3-5-7-15)14-16-8-10-24(11-9-16)17-12-21-23(2)19(25)18(17)20/h3-7,12,16H,8-11,13-14H2,1-2H3. The van der Waals surface area contributed by atoms with Gasteiger partial charge in [0.2, 0.25) is 0 Å². The Morgan fingerprint density at radius 1 is 1.24 bits per heavy atom. The van der Waals surface area contributed by atoms with Gasteiger partial charge < -0.3 is 9.80 Å². The maximum atomic E-state index is 12.0. The van der Waals surface area contributed by atoms with Crippen LogP contribution in [0.5, 0.6) is 0 Å². The maximum absolute atomic E-state index is 12.0. The van der Waals surface area contributed by atoms with E-state index >= 15 is 0 Å². The smallest absolute Gasteiger partial charge is 0.282 e. The van der Waals surface area contributed by atoms with Gasteiger partial charge in [0, 0.05) is 33.2 Å². The van der Waals surface area contributed by atoms with E-state index in [1.807, 2.05) is 0 Å². The van der Waals surface area contributed by atoms with Crippen molar-refractivity contribution in [2.75, 3.05) is 31.6 Å². The summed E-state index contributed by atoms with van der Waals surface area (Å²) in [7, 11) is 3.87. The van der Waals surface area contributed by atoms with Gasteiger partial charge in [-0.15, -0.1) is 0 Å². The van der Waals surface area contributed by atoms with Gasteiger partial charge in [-0.25, -0.2) is 4.68 Å². The van der Waals surface area contributed by atoms with E-state index < -0.39 is 0 Å². The second-order valence-corrected chi connectivity index (χ2v) is 7.68. The number of aryl methyl sites for hydroxylation is 1. The molecule has 2 aromatic rings. The Bertz CT molecular complexity index is 754. The van der Waals surface area contributed by atoms with Crippen LogP contribution in [-0.4, -0.2) is 41.4 Å². The lowest BCUT2D eigenvalue weighted by Crippen LogP contribution is -2.38. The van der Waals surface area contributed by atoms with Crippen molar-refractivity contribution in [1.82, 2.24) is 14.7 Å². The summed E-state index contributed by atoms with van der Waals surface area (Å²) in [6.45, 7) is 4.04. The fraction of sp³-hybridized carbons (Fsp3) is 0.474. The predicted molar refractivity (Wildman–Crippen MR) is 105 cm³/mol. The van der Waals surface area contributed by atoms with Crippen LogP contribution in [0.25, 0.3) is 0 Å². The van der Waals surface area contributed by atoms with Crippen LogP contribution in [0.15, 0.2) is 45.8 Å². The van der Waals surface area contributed by atoms with Crippen molar-refractivity contribution in [3.05, 3.63) is 56.9 Å². The van der Waals surface area contributed by atoms with Gasteiger partial charge >= 0.3 is 0 Å². The molecule has 0 atom stereocenters. The molecule has 0 saturated carbocycles. The van der Waals surface area contributed by atoms with E-state index in [1.165, 1.54) is 10.2 Å². The molecule has 1 aliphatic rings. The van der Waals surface area contributed by atoms with Gasteiger partial charge in [0.25, 0.3) is 5.56 Å². The first-order valence-electron chi connectivity index (χ1n) is 8.74. The summed E-state index contributed by atoms with van der Waals surface area (Å²) in [6, 6.07) is 10.6. The molecule has 1 saturated heterocycles. The van der Waals surface area contributed by atoms with Crippen molar-refractivity contribution < 1.29 is 0 Å². The van der Waals surface area contributed by atoms with Gasteiger partial charge in [0.05, 0.1) is 11.9 Å². The molecule has 5 nitrogen and oxygen atoms in total. The largest absolute Gasteiger partial charge is 0.369 e. The fourth-order valence-electron chi connectivity index (χ4n) is 3.48. The van der Waals surface area contributed by atoms with Crippen LogP contribution in [0.3, 0.4) is 0 Å². The lowest BCUT2D eigenvalue weighted by molar-refractivity contribution is 0.242. The van der Waals surface area contributed by atoms with E-state index in [9.17, 15) is 4.79 Å². The number of benzene rings is 1. The van der Waals surface area contributed by atoms with Gasteiger partial charge in [-0.3, -0.25) is 4.79 Å². The first-order chi connectivity index (χ1) is 12.0. The molecule has 25 heavy (non-hydrogen) atoms. The molecule has 0 radical (unpaired) electrons. The Morgan fingerprint density at radius 3 is 2.60 bits per heavy atom. The number of aromatic nitrogens is 2. The Labute approximate surface area is 157 Å². The minimum atomic E-state index is -0.0813. The highest BCUT2D eigenvalue weighted by Crippen LogP contribution is 2.27. The van der Waals surface area contributed by atoms with E-state index in [1.54, 1.807) is 13.2 Å². The van der Waals surface area contributed by atoms with Crippen LogP contribution in [0, 0.1) is 5.92 Å². The van der Waals surface area contributed by atoms with Crippen LogP contribution < -0.4 is 10.5 Å². The molecular weight excluding hydrogens is 380 g/mol. The van der Waals surface area contributed by atoms with E-state index in [-0.39, 0.29) is 5.56 Å². The minimum Gasteiger partial charge on any atom is -0.369 e. The molecule has 1 aromatic carbocycles. The summed E-state index contributed by atoms with van der Waals surface area (Å²) in [5.41, 5.74) is 2.19. The van der Waals surface area contributed by atoms with Crippen LogP contribution in [0.4, 0.5) is 5.69 Å². The first-order valence-corrected chi connectivity index (χ1v) is 9.53. The molecule has 2 heterocycles. The zero-order valence-corrected chi connectivity index (χ0v) is 16.4. The SMILES string of the molecule is CN(Cc1ccccc1)CC1CCN(c2cnn(C)c(=O)c2Br)CC1. The van der Waals surface area contributed by atoms with E-state index in [0.717, 1.165) is 44.7 Å². The predicted octanol–water partition coefficient (Wildman–Crippen LogP) is 2.89. The van der Waals surface area contributed by atoms with Crippen molar-refractivity contribution in [1.29, 1.82) is 0 Å². The molecule has 0 amide bonds. The summed E-state index contributed by atoms with van der Waals surface area (Å²) in [6.07, 6.45) is 4.06. The average Bonchev–Trinajstić information content (AvgIpc) is 2.62. The zero-order chi connectivity index (χ0) is 17.8. The highest BCUT2D eigenvalue weighted by Gasteiger charge is 2.23. The minimum absolute atomic E-state index is 0.0813. The Balaban J connectivity index is 1.54. The zero-order valence-electron chi connectivity index (χ0n) is 14.9. The van der Waals surface area contributed by atoms with Gasteiger partial charge in [0.15, 0.2) is 0 Å². The van der Waals surface area contributed by atoms with Crippen molar-refractivity contribution >= 4 is 21.6 Å². The van der Waals surface area contributed by atoms with Crippen LogP contribution in [0.2, 0.25) is 0 Å². The van der Waals surface area contributed by atoms with Crippen molar-refractivity contribution in [2.45, 2.75) is 19.4 Å². The lowest BCUT2D eigenvalue weighted by atomic mass is 9.96. The van der Waals surface area contributed by atoms with E-state index in [0.29, 0.717) is 10.4 Å². The van der Waals surface area contributed by atoms with Crippen LogP contribution in [0.1, 0.15) is 18.4 Å². The van der Waals surface area contributed by atoms with E-state index in [4.69, 9.17) is 0 Å². The van der Waals surface area contributed by atoms with Gasteiger partial charge in [-0.1, -0.05) is 30.3 Å². The van der Waals surface area contributed by atoms with Crippen molar-refractivity contribution in [2.24, 2.45) is 13.0 Å². The third kappa shape index (κ3) is 4.50. The summed E-state index contributed by atoms with van der Waals surface area (Å²) < 4.78 is 1.98. The normalized spacial score (nSPS) is 15.8. The van der Waals surface area contributed by atoms with Gasteiger partial charge in [-0.05, 0) is 47.3 Å². The number of hydrogen-bond acceptors (Lipinski definition) is 4. The van der Waals surface area contributed by atoms with Crippen molar-refractivity contribution in [3.63, 3.8) is 0 Å². The summed E-state index contributed by atoms with van der Waals surface area (Å²) in [5, 5.41) is 4.15. The molecule has 134 valence electrons. The highest BCUT2D eigenvalue weighted by molar-refractivity contribution is 9.10. The van der Waals surface area contributed by atoms with Crippen molar-refractivity contribution in [3.8, 4) is 0 Å². The Morgan fingerprint density at radius 2 is 1.92 bits per heavy atom. The Hall–Kier alpha value is -1.66. The van der Waals surface area contributed by atoms with Gasteiger partial charge in [-0.2, -0.15) is 5.10 Å². The number of halogens is 1. The molecule has 1 aromatic heterocycles. The van der Waals surface area contributed by atoms with Crippen LogP contribution in [-0.2, 0) is 13.6 Å². The monoisotopic (exact) mass is 404 g/mol. The first kappa shape index (κ1) is 18.1. The molecule has 1 aliphatic heterocycles. The summed E-state index contributed by atoms with van der Waals surface area (Å²) in [4.78, 5) is 16.7. The second kappa shape index (κ2) is 8.15. The maximum Gasteiger partial charge on any atom is 0.282 e. The van der Waals surface area contributed by atoms with E-state index in [2.05, 4.69) is 68.2 Å².